The predicted octanol–water partition coefficient (Wildman–Crippen LogP) is 1.24. The predicted molar refractivity (Wildman–Crippen MR) is 86.4 cm³/mol. The number of hydrogen-bond donors (Lipinski definition) is 2. The topological polar surface area (TPSA) is 119 Å². The Hall–Kier alpha value is -3.29. The van der Waals surface area contributed by atoms with Gasteiger partial charge in [-0.25, -0.2) is 0 Å². The van der Waals surface area contributed by atoms with Gasteiger partial charge < -0.3 is 11.1 Å². The van der Waals surface area contributed by atoms with Gasteiger partial charge in [0.1, 0.15) is 11.3 Å². The maximum Gasteiger partial charge on any atom is 0.293 e. The Morgan fingerprint density at radius 3 is 2.58 bits per heavy atom. The zero-order chi connectivity index (χ0) is 17.9. The molecular formula is C16H17N4O4+. The third-order valence-corrected chi connectivity index (χ3v) is 3.55. The molecule has 0 radical (unpaired) electrons. The van der Waals surface area contributed by atoms with Crippen molar-refractivity contribution in [2.45, 2.75) is 20.4 Å². The average Bonchev–Trinajstić information content (AvgIpc) is 2.50. The molecule has 0 spiro atoms. The third kappa shape index (κ3) is 3.92. The number of nitrogens with zero attached hydrogens (tertiary/aromatic N) is 2. The Morgan fingerprint density at radius 1 is 1.29 bits per heavy atom. The van der Waals surface area contributed by atoms with Crippen LogP contribution in [0.5, 0.6) is 0 Å². The molecule has 24 heavy (non-hydrogen) atoms. The summed E-state index contributed by atoms with van der Waals surface area (Å²) in [5, 5.41) is 13.7. The Kier molecular flexibility index (Phi) is 4.88. The Morgan fingerprint density at radius 2 is 1.96 bits per heavy atom. The minimum atomic E-state index is -0.602. The number of hydrogen-bond acceptors (Lipinski definition) is 4. The minimum Gasteiger partial charge on any atom is -0.365 e. The van der Waals surface area contributed by atoms with Crippen LogP contribution in [0, 0.1) is 24.0 Å². The zero-order valence-corrected chi connectivity index (χ0v) is 13.3. The fourth-order valence-electron chi connectivity index (χ4n) is 2.17. The number of rotatable bonds is 5. The van der Waals surface area contributed by atoms with Gasteiger partial charge in [0.2, 0.25) is 6.54 Å². The molecule has 124 valence electrons. The minimum absolute atomic E-state index is 0.106. The number of primary amides is 1. The number of nitro benzene ring substituents is 1. The molecule has 3 N–H and O–H groups in total. The highest BCUT2D eigenvalue weighted by molar-refractivity contribution is 5.93. The monoisotopic (exact) mass is 329 g/mol. The first kappa shape index (κ1) is 17.1. The SMILES string of the molecule is Cc1cc(NC(=O)C[n+]2cccc(C(N)=O)c2)c([N+](=O)[O-])cc1C. The first-order chi connectivity index (χ1) is 11.3. The number of benzene rings is 1. The fraction of sp³-hybridized carbons (Fsp3) is 0.188. The average molecular weight is 329 g/mol. The van der Waals surface area contributed by atoms with Crippen molar-refractivity contribution in [1.82, 2.24) is 0 Å². The number of amides is 2. The molecule has 0 atom stereocenters. The normalized spacial score (nSPS) is 10.2. The number of pyridine rings is 1. The summed E-state index contributed by atoms with van der Waals surface area (Å²) >= 11 is 0. The van der Waals surface area contributed by atoms with E-state index in [2.05, 4.69) is 5.32 Å². The van der Waals surface area contributed by atoms with Crippen molar-refractivity contribution in [3.63, 3.8) is 0 Å². The number of nitrogens with two attached hydrogens (primary N) is 1. The third-order valence-electron chi connectivity index (χ3n) is 3.55. The largest absolute Gasteiger partial charge is 0.365 e. The molecule has 1 aromatic carbocycles. The quantitative estimate of drug-likeness (QED) is 0.487. The van der Waals surface area contributed by atoms with E-state index in [9.17, 15) is 19.7 Å². The molecule has 1 aromatic heterocycles. The lowest BCUT2D eigenvalue weighted by molar-refractivity contribution is -0.684. The first-order valence-corrected chi connectivity index (χ1v) is 7.12. The van der Waals surface area contributed by atoms with E-state index >= 15 is 0 Å². The van der Waals surface area contributed by atoms with Crippen LogP contribution in [0.15, 0.2) is 36.7 Å². The zero-order valence-electron chi connectivity index (χ0n) is 13.3. The summed E-state index contributed by atoms with van der Waals surface area (Å²) in [6, 6.07) is 6.11. The van der Waals surface area contributed by atoms with Crippen molar-refractivity contribution in [3.05, 3.63) is 63.5 Å². The molecule has 0 fully saturated rings. The second-order valence-electron chi connectivity index (χ2n) is 5.39. The van der Waals surface area contributed by atoms with Crippen LogP contribution < -0.4 is 15.6 Å². The highest BCUT2D eigenvalue weighted by Gasteiger charge is 2.19. The van der Waals surface area contributed by atoms with Crippen LogP contribution in [0.4, 0.5) is 11.4 Å². The van der Waals surface area contributed by atoms with Gasteiger partial charge in [0, 0.05) is 12.1 Å². The molecular weight excluding hydrogens is 312 g/mol. The number of carbonyl (C=O) groups is 2. The molecule has 0 bridgehead atoms. The maximum absolute atomic E-state index is 12.2. The summed E-state index contributed by atoms with van der Waals surface area (Å²) in [4.78, 5) is 33.9. The lowest BCUT2D eigenvalue weighted by Crippen LogP contribution is -2.40. The van der Waals surface area contributed by atoms with E-state index < -0.39 is 16.7 Å². The van der Waals surface area contributed by atoms with Crippen molar-refractivity contribution in [2.75, 3.05) is 5.32 Å². The van der Waals surface area contributed by atoms with Gasteiger partial charge in [-0.2, -0.15) is 4.57 Å². The van der Waals surface area contributed by atoms with Crippen molar-refractivity contribution < 1.29 is 19.1 Å². The van der Waals surface area contributed by atoms with Crippen LogP contribution in [-0.4, -0.2) is 16.7 Å². The highest BCUT2D eigenvalue weighted by atomic mass is 16.6. The van der Waals surface area contributed by atoms with Crippen molar-refractivity contribution in [2.24, 2.45) is 5.73 Å². The van der Waals surface area contributed by atoms with Crippen molar-refractivity contribution >= 4 is 23.2 Å². The molecule has 0 aliphatic carbocycles. The molecule has 1 heterocycles. The fourth-order valence-corrected chi connectivity index (χ4v) is 2.17. The lowest BCUT2D eigenvalue weighted by atomic mass is 10.1. The molecule has 0 saturated heterocycles. The van der Waals surface area contributed by atoms with Gasteiger partial charge in [0.25, 0.3) is 17.5 Å². The molecule has 2 amide bonds. The van der Waals surface area contributed by atoms with Crippen LogP contribution in [0.1, 0.15) is 21.5 Å². The lowest BCUT2D eigenvalue weighted by Gasteiger charge is -2.08. The number of anilines is 1. The molecule has 2 rings (SSSR count). The number of nitro groups is 1. The summed E-state index contributed by atoms with van der Waals surface area (Å²) in [6.07, 6.45) is 3.04. The summed E-state index contributed by atoms with van der Waals surface area (Å²) in [5.41, 5.74) is 7.03. The van der Waals surface area contributed by atoms with Crippen molar-refractivity contribution in [1.29, 1.82) is 0 Å². The van der Waals surface area contributed by atoms with Gasteiger partial charge in [-0.1, -0.05) is 0 Å². The van der Waals surface area contributed by atoms with E-state index in [1.54, 1.807) is 32.2 Å². The van der Waals surface area contributed by atoms with Crippen LogP contribution >= 0.6 is 0 Å². The van der Waals surface area contributed by atoms with E-state index in [0.29, 0.717) is 0 Å². The second-order valence-corrected chi connectivity index (χ2v) is 5.39. The Labute approximate surface area is 138 Å². The van der Waals surface area contributed by atoms with Gasteiger partial charge >= 0.3 is 0 Å². The van der Waals surface area contributed by atoms with Crippen LogP contribution in [0.3, 0.4) is 0 Å². The summed E-state index contributed by atoms with van der Waals surface area (Å²) in [5.74, 6) is -1.05. The van der Waals surface area contributed by atoms with E-state index in [-0.39, 0.29) is 23.5 Å². The summed E-state index contributed by atoms with van der Waals surface area (Å²) in [6.45, 7) is 3.46. The Bertz CT molecular complexity index is 833. The van der Waals surface area contributed by atoms with Gasteiger partial charge in [0.05, 0.1) is 4.92 Å². The number of carbonyl (C=O) groups excluding carboxylic acids is 2. The first-order valence-electron chi connectivity index (χ1n) is 7.12. The van der Waals surface area contributed by atoms with E-state index in [1.807, 2.05) is 0 Å². The smallest absolute Gasteiger partial charge is 0.293 e. The molecule has 8 heteroatoms. The van der Waals surface area contributed by atoms with Gasteiger partial charge in [0.15, 0.2) is 12.4 Å². The molecule has 0 aliphatic heterocycles. The molecule has 0 saturated carbocycles. The maximum atomic E-state index is 12.2. The van der Waals surface area contributed by atoms with Gasteiger partial charge in [-0.3, -0.25) is 19.7 Å². The van der Waals surface area contributed by atoms with Crippen LogP contribution in [0.2, 0.25) is 0 Å². The summed E-state index contributed by atoms with van der Waals surface area (Å²) in [7, 11) is 0. The number of aromatic nitrogens is 1. The molecule has 8 nitrogen and oxygen atoms in total. The number of nitrogens with one attached hydrogen (secondary N) is 1. The van der Waals surface area contributed by atoms with Gasteiger partial charge in [-0.05, 0) is 37.1 Å². The standard InChI is InChI=1S/C16H16N4O4/c1-10-6-13(14(20(23)24)7-11(10)2)18-15(21)9-19-5-3-4-12(8-19)16(17)22/h3-8H,9H2,1-2H3,(H2-,17,18,21,22)/p+1. The van der Waals surface area contributed by atoms with Crippen LogP contribution in [-0.2, 0) is 11.3 Å². The van der Waals surface area contributed by atoms with E-state index in [4.69, 9.17) is 5.73 Å². The Balaban J connectivity index is 2.21. The van der Waals surface area contributed by atoms with Crippen LogP contribution in [0.25, 0.3) is 0 Å². The van der Waals surface area contributed by atoms with E-state index in [0.717, 1.165) is 11.1 Å². The second kappa shape index (κ2) is 6.86. The molecule has 0 unspecified atom stereocenters. The number of aryl methyl sites for hydroxylation is 2. The summed E-state index contributed by atoms with van der Waals surface area (Å²) < 4.78 is 1.47. The molecule has 2 aromatic rings. The van der Waals surface area contributed by atoms with Gasteiger partial charge in [-0.15, -0.1) is 0 Å². The highest BCUT2D eigenvalue weighted by Crippen LogP contribution is 2.27. The van der Waals surface area contributed by atoms with Crippen molar-refractivity contribution in [3.8, 4) is 0 Å². The van der Waals surface area contributed by atoms with E-state index in [1.165, 1.54) is 22.9 Å². The molecule has 0 aliphatic rings.